The second kappa shape index (κ2) is 5.31. The number of carboxylic acid groups (broad SMARTS) is 1. The maximum atomic E-state index is 12.3. The summed E-state index contributed by atoms with van der Waals surface area (Å²) in [5.41, 5.74) is 1.16. The molecular weight excluding hydrogens is 258 g/mol. The van der Waals surface area contributed by atoms with E-state index in [2.05, 4.69) is 5.32 Å². The van der Waals surface area contributed by atoms with E-state index < -0.39 is 5.97 Å². The van der Waals surface area contributed by atoms with Crippen LogP contribution in [0.3, 0.4) is 0 Å². The van der Waals surface area contributed by atoms with E-state index in [1.807, 2.05) is 13.8 Å². The Balaban J connectivity index is 2.03. The molecule has 0 unspecified atom stereocenters. The maximum Gasteiger partial charge on any atom is 0.303 e. The van der Waals surface area contributed by atoms with Crippen molar-refractivity contribution in [2.45, 2.75) is 46.5 Å². The summed E-state index contributed by atoms with van der Waals surface area (Å²) in [6.07, 6.45) is 2.88. The molecule has 0 spiro atoms. The highest BCUT2D eigenvalue weighted by Gasteiger charge is 2.39. The van der Waals surface area contributed by atoms with E-state index >= 15 is 0 Å². The van der Waals surface area contributed by atoms with Gasteiger partial charge in [0.2, 0.25) is 0 Å². The first-order chi connectivity index (χ1) is 9.34. The number of aryl methyl sites for hydroxylation is 2. The van der Waals surface area contributed by atoms with E-state index in [0.29, 0.717) is 17.9 Å². The lowest BCUT2D eigenvalue weighted by Gasteiger charge is -2.40. The van der Waals surface area contributed by atoms with Gasteiger partial charge < -0.3 is 14.8 Å². The van der Waals surface area contributed by atoms with Gasteiger partial charge in [-0.3, -0.25) is 9.59 Å². The van der Waals surface area contributed by atoms with Gasteiger partial charge in [0.25, 0.3) is 5.91 Å². The molecule has 1 aliphatic rings. The Kier molecular flexibility index (Phi) is 3.88. The molecule has 1 amide bonds. The molecule has 0 radical (unpaired) electrons. The predicted molar refractivity (Wildman–Crippen MR) is 73.8 cm³/mol. The highest BCUT2D eigenvalue weighted by atomic mass is 16.4. The van der Waals surface area contributed by atoms with Gasteiger partial charge in [0.1, 0.15) is 11.5 Å². The molecule has 1 aromatic rings. The van der Waals surface area contributed by atoms with Crippen LogP contribution in [-0.4, -0.2) is 23.5 Å². The normalized spacial score (nSPS) is 16.6. The second-order valence-electron chi connectivity index (χ2n) is 5.82. The van der Waals surface area contributed by atoms with Crippen LogP contribution in [0.2, 0.25) is 0 Å². The number of carboxylic acids is 1. The molecule has 5 nitrogen and oxygen atoms in total. The van der Waals surface area contributed by atoms with Gasteiger partial charge in [-0.1, -0.05) is 6.42 Å². The molecule has 2 rings (SSSR count). The quantitative estimate of drug-likeness (QED) is 0.868. The smallest absolute Gasteiger partial charge is 0.303 e. The topological polar surface area (TPSA) is 79.5 Å². The molecule has 1 aromatic heterocycles. The van der Waals surface area contributed by atoms with Gasteiger partial charge >= 0.3 is 5.97 Å². The van der Waals surface area contributed by atoms with E-state index in [4.69, 9.17) is 9.52 Å². The molecule has 110 valence electrons. The van der Waals surface area contributed by atoms with Gasteiger partial charge in [-0.15, -0.1) is 0 Å². The van der Waals surface area contributed by atoms with Crippen LogP contribution in [0.15, 0.2) is 4.42 Å². The molecule has 0 aromatic carbocycles. The number of carbonyl (C=O) groups excluding carboxylic acids is 1. The SMILES string of the molecule is Cc1oc(C)c(C(=O)NCC2(CC(=O)O)CCC2)c1C. The summed E-state index contributed by atoms with van der Waals surface area (Å²) in [5, 5.41) is 11.8. The Bertz CT molecular complexity index is 540. The molecule has 1 aliphatic carbocycles. The summed E-state index contributed by atoms with van der Waals surface area (Å²) < 4.78 is 5.45. The lowest BCUT2D eigenvalue weighted by atomic mass is 9.66. The summed E-state index contributed by atoms with van der Waals surface area (Å²) in [5.74, 6) is 0.383. The van der Waals surface area contributed by atoms with Gasteiger partial charge in [-0.25, -0.2) is 0 Å². The number of hydrogen-bond acceptors (Lipinski definition) is 3. The van der Waals surface area contributed by atoms with Gasteiger partial charge in [-0.2, -0.15) is 0 Å². The number of furan rings is 1. The van der Waals surface area contributed by atoms with Crippen molar-refractivity contribution in [2.24, 2.45) is 5.41 Å². The number of aliphatic carboxylic acids is 1. The van der Waals surface area contributed by atoms with Gasteiger partial charge in [0.05, 0.1) is 12.0 Å². The molecule has 0 saturated heterocycles. The fourth-order valence-electron chi connectivity index (χ4n) is 2.90. The van der Waals surface area contributed by atoms with Crippen molar-refractivity contribution < 1.29 is 19.1 Å². The maximum absolute atomic E-state index is 12.3. The van der Waals surface area contributed by atoms with Crippen molar-refractivity contribution in [3.63, 3.8) is 0 Å². The third-order valence-electron chi connectivity index (χ3n) is 4.35. The Hall–Kier alpha value is -1.78. The third kappa shape index (κ3) is 2.71. The minimum atomic E-state index is -0.800. The first-order valence-electron chi connectivity index (χ1n) is 6.91. The zero-order valence-electron chi connectivity index (χ0n) is 12.2. The van der Waals surface area contributed by atoms with E-state index in [-0.39, 0.29) is 17.7 Å². The van der Waals surface area contributed by atoms with E-state index in [0.717, 1.165) is 30.6 Å². The number of rotatable bonds is 5. The molecule has 1 heterocycles. The monoisotopic (exact) mass is 279 g/mol. The molecule has 0 atom stereocenters. The van der Waals surface area contributed by atoms with E-state index in [1.165, 1.54) is 0 Å². The van der Waals surface area contributed by atoms with Crippen LogP contribution in [-0.2, 0) is 4.79 Å². The Morgan fingerprint density at radius 3 is 2.30 bits per heavy atom. The van der Waals surface area contributed by atoms with Gasteiger partial charge in [-0.05, 0) is 39.0 Å². The van der Waals surface area contributed by atoms with Crippen molar-refractivity contribution in [1.82, 2.24) is 5.32 Å². The largest absolute Gasteiger partial charge is 0.481 e. The van der Waals surface area contributed by atoms with Crippen LogP contribution in [0, 0.1) is 26.2 Å². The highest BCUT2D eigenvalue weighted by Crippen LogP contribution is 2.43. The van der Waals surface area contributed by atoms with Crippen LogP contribution in [0.5, 0.6) is 0 Å². The Morgan fingerprint density at radius 2 is 1.90 bits per heavy atom. The Morgan fingerprint density at radius 1 is 1.25 bits per heavy atom. The summed E-state index contributed by atoms with van der Waals surface area (Å²) in [6, 6.07) is 0. The Labute approximate surface area is 118 Å². The fraction of sp³-hybridized carbons (Fsp3) is 0.600. The number of nitrogens with one attached hydrogen (secondary N) is 1. The lowest BCUT2D eigenvalue weighted by Crippen LogP contribution is -2.43. The minimum Gasteiger partial charge on any atom is -0.481 e. The van der Waals surface area contributed by atoms with Crippen molar-refractivity contribution >= 4 is 11.9 Å². The molecule has 2 N–H and O–H groups in total. The van der Waals surface area contributed by atoms with Crippen LogP contribution in [0.25, 0.3) is 0 Å². The third-order valence-corrected chi connectivity index (χ3v) is 4.35. The first kappa shape index (κ1) is 14.6. The lowest BCUT2D eigenvalue weighted by molar-refractivity contribution is -0.141. The van der Waals surface area contributed by atoms with E-state index in [9.17, 15) is 9.59 Å². The van der Waals surface area contributed by atoms with Gasteiger partial charge in [0, 0.05) is 12.1 Å². The average molecular weight is 279 g/mol. The first-order valence-corrected chi connectivity index (χ1v) is 6.91. The average Bonchev–Trinajstić information content (AvgIpc) is 2.56. The van der Waals surface area contributed by atoms with Crippen molar-refractivity contribution in [1.29, 1.82) is 0 Å². The summed E-state index contributed by atoms with van der Waals surface area (Å²) in [7, 11) is 0. The molecule has 0 bridgehead atoms. The summed E-state index contributed by atoms with van der Waals surface area (Å²) in [4.78, 5) is 23.2. The minimum absolute atomic E-state index is 0.121. The predicted octanol–water partition coefficient (Wildman–Crippen LogP) is 2.58. The molecule has 0 aliphatic heterocycles. The van der Waals surface area contributed by atoms with E-state index in [1.54, 1.807) is 6.92 Å². The fourth-order valence-corrected chi connectivity index (χ4v) is 2.90. The second-order valence-corrected chi connectivity index (χ2v) is 5.82. The molecule has 1 saturated carbocycles. The zero-order valence-corrected chi connectivity index (χ0v) is 12.2. The van der Waals surface area contributed by atoms with Crippen molar-refractivity contribution in [2.75, 3.05) is 6.54 Å². The highest BCUT2D eigenvalue weighted by molar-refractivity contribution is 5.96. The number of hydrogen-bond donors (Lipinski definition) is 2. The molecule has 1 fully saturated rings. The number of carbonyl (C=O) groups is 2. The standard InChI is InChI=1S/C15H21NO4/c1-9-10(2)20-11(3)13(9)14(19)16-8-15(5-4-6-15)7-12(17)18/h4-8H2,1-3H3,(H,16,19)(H,17,18). The molecule has 20 heavy (non-hydrogen) atoms. The molecular formula is C15H21NO4. The van der Waals surface area contributed by atoms with Crippen LogP contribution < -0.4 is 5.32 Å². The number of amides is 1. The van der Waals surface area contributed by atoms with Crippen LogP contribution in [0.4, 0.5) is 0 Å². The van der Waals surface area contributed by atoms with Gasteiger partial charge in [0.15, 0.2) is 0 Å². The van der Waals surface area contributed by atoms with Crippen molar-refractivity contribution in [3.8, 4) is 0 Å². The van der Waals surface area contributed by atoms with Crippen LogP contribution >= 0.6 is 0 Å². The summed E-state index contributed by atoms with van der Waals surface area (Å²) in [6.45, 7) is 5.88. The van der Waals surface area contributed by atoms with Crippen LogP contribution in [0.1, 0.15) is 53.1 Å². The van der Waals surface area contributed by atoms with Crippen molar-refractivity contribution in [3.05, 3.63) is 22.6 Å². The zero-order chi connectivity index (χ0) is 14.9. The summed E-state index contributed by atoms with van der Waals surface area (Å²) >= 11 is 0. The molecule has 5 heteroatoms.